The number of carbonyl (C=O) groups is 2. The molecule has 0 heterocycles. The summed E-state index contributed by atoms with van der Waals surface area (Å²) in [5.74, 6) is 0.222. The van der Waals surface area contributed by atoms with Crippen molar-refractivity contribution >= 4 is 11.8 Å². The maximum Gasteiger partial charge on any atom is 0.261 e. The van der Waals surface area contributed by atoms with Crippen molar-refractivity contribution in [2.24, 2.45) is 0 Å². The molecular weight excluding hydrogens is 364 g/mol. The van der Waals surface area contributed by atoms with Crippen LogP contribution in [0.25, 0.3) is 0 Å². The molecule has 5 nitrogen and oxygen atoms in total. The summed E-state index contributed by atoms with van der Waals surface area (Å²) < 4.78 is 5.70. The lowest BCUT2D eigenvalue weighted by Gasteiger charge is -2.31. The molecule has 156 valence electrons. The monoisotopic (exact) mass is 396 g/mol. The van der Waals surface area contributed by atoms with Crippen LogP contribution in [-0.4, -0.2) is 34.9 Å². The largest absolute Gasteiger partial charge is 0.484 e. The van der Waals surface area contributed by atoms with Crippen LogP contribution in [0.2, 0.25) is 0 Å². The molecule has 0 aromatic heterocycles. The van der Waals surface area contributed by atoms with Gasteiger partial charge in [0, 0.05) is 12.1 Å². The van der Waals surface area contributed by atoms with Crippen LogP contribution >= 0.6 is 0 Å². The minimum atomic E-state index is -0.622. The van der Waals surface area contributed by atoms with Crippen LogP contribution < -0.4 is 10.1 Å². The fourth-order valence-electron chi connectivity index (χ4n) is 3.00. The molecule has 0 radical (unpaired) electrons. The van der Waals surface area contributed by atoms with Crippen LogP contribution in [0.1, 0.15) is 44.4 Å². The maximum absolute atomic E-state index is 13.0. The number of benzene rings is 2. The minimum absolute atomic E-state index is 0.123. The van der Waals surface area contributed by atoms with Gasteiger partial charge in [0.25, 0.3) is 5.91 Å². The first kappa shape index (κ1) is 22.5. The van der Waals surface area contributed by atoms with Gasteiger partial charge in [0.2, 0.25) is 5.91 Å². The highest BCUT2D eigenvalue weighted by Gasteiger charge is 2.28. The molecule has 0 bridgehead atoms. The molecule has 1 atom stereocenters. The Hall–Kier alpha value is -2.82. The zero-order chi connectivity index (χ0) is 21.6. The summed E-state index contributed by atoms with van der Waals surface area (Å²) in [5, 5.41) is 2.96. The van der Waals surface area contributed by atoms with Crippen LogP contribution in [0.15, 0.2) is 48.5 Å². The van der Waals surface area contributed by atoms with Crippen molar-refractivity contribution < 1.29 is 14.3 Å². The van der Waals surface area contributed by atoms with Crippen LogP contribution in [0, 0.1) is 13.8 Å². The molecule has 1 N–H and O–H groups in total. The first-order chi connectivity index (χ1) is 13.5. The van der Waals surface area contributed by atoms with Gasteiger partial charge in [0.1, 0.15) is 11.8 Å². The Morgan fingerprint density at radius 3 is 2.24 bits per heavy atom. The summed E-state index contributed by atoms with van der Waals surface area (Å²) in [6.07, 6.45) is 0. The van der Waals surface area contributed by atoms with E-state index >= 15 is 0 Å². The highest BCUT2D eigenvalue weighted by atomic mass is 16.5. The van der Waals surface area contributed by atoms with Gasteiger partial charge in [-0.25, -0.2) is 0 Å². The van der Waals surface area contributed by atoms with E-state index in [1.54, 1.807) is 11.8 Å². The Morgan fingerprint density at radius 1 is 1.03 bits per heavy atom. The molecule has 0 spiro atoms. The predicted molar refractivity (Wildman–Crippen MR) is 116 cm³/mol. The first-order valence-corrected chi connectivity index (χ1v) is 9.91. The molecule has 29 heavy (non-hydrogen) atoms. The normalized spacial score (nSPS) is 12.2. The van der Waals surface area contributed by atoms with Gasteiger partial charge in [-0.05, 0) is 64.8 Å². The highest BCUT2D eigenvalue weighted by molar-refractivity contribution is 5.88. The zero-order valence-electron chi connectivity index (χ0n) is 18.3. The second kappa shape index (κ2) is 9.59. The molecule has 0 aliphatic carbocycles. The summed E-state index contributed by atoms with van der Waals surface area (Å²) in [6, 6.07) is 14.9. The second-order valence-corrected chi connectivity index (χ2v) is 8.53. The van der Waals surface area contributed by atoms with Gasteiger partial charge in [-0.15, -0.1) is 0 Å². The SMILES string of the molecule is Cc1cccc(CN(C(=O)COc2cccc(C)c2)C(C)C(=O)NC(C)(C)C)c1. The first-order valence-electron chi connectivity index (χ1n) is 9.91. The lowest BCUT2D eigenvalue weighted by Crippen LogP contribution is -2.53. The molecule has 2 rings (SSSR count). The number of hydrogen-bond donors (Lipinski definition) is 1. The number of carbonyl (C=O) groups excluding carboxylic acids is 2. The third kappa shape index (κ3) is 7.26. The molecule has 0 aliphatic rings. The number of rotatable bonds is 7. The molecule has 0 saturated heterocycles. The highest BCUT2D eigenvalue weighted by Crippen LogP contribution is 2.15. The van der Waals surface area contributed by atoms with Crippen molar-refractivity contribution in [3.05, 3.63) is 65.2 Å². The van der Waals surface area contributed by atoms with Crippen molar-refractivity contribution in [2.75, 3.05) is 6.61 Å². The number of hydrogen-bond acceptors (Lipinski definition) is 3. The third-order valence-electron chi connectivity index (χ3n) is 4.45. The Kier molecular flexibility index (Phi) is 7.43. The molecule has 0 saturated carbocycles. The molecule has 0 fully saturated rings. The van der Waals surface area contributed by atoms with Gasteiger partial charge < -0.3 is 15.0 Å². The molecule has 2 aromatic carbocycles. The number of amides is 2. The lowest BCUT2D eigenvalue weighted by molar-refractivity contribution is -0.142. The van der Waals surface area contributed by atoms with E-state index in [4.69, 9.17) is 4.74 Å². The van der Waals surface area contributed by atoms with E-state index in [1.807, 2.05) is 83.1 Å². The van der Waals surface area contributed by atoms with E-state index in [9.17, 15) is 9.59 Å². The van der Waals surface area contributed by atoms with E-state index in [1.165, 1.54) is 0 Å². The number of ether oxygens (including phenoxy) is 1. The van der Waals surface area contributed by atoms with Crippen molar-refractivity contribution in [1.29, 1.82) is 0 Å². The summed E-state index contributed by atoms with van der Waals surface area (Å²) >= 11 is 0. The van der Waals surface area contributed by atoms with Crippen LogP contribution in [0.5, 0.6) is 5.75 Å². The summed E-state index contributed by atoms with van der Waals surface area (Å²) in [5.41, 5.74) is 2.77. The predicted octanol–water partition coefficient (Wildman–Crippen LogP) is 4.01. The quantitative estimate of drug-likeness (QED) is 0.769. The Bertz CT molecular complexity index is 855. The fourth-order valence-corrected chi connectivity index (χ4v) is 3.00. The zero-order valence-corrected chi connectivity index (χ0v) is 18.3. The average molecular weight is 397 g/mol. The van der Waals surface area contributed by atoms with Crippen molar-refractivity contribution in [3.63, 3.8) is 0 Å². The number of nitrogens with one attached hydrogen (secondary N) is 1. The minimum Gasteiger partial charge on any atom is -0.484 e. The molecule has 1 unspecified atom stereocenters. The Morgan fingerprint density at radius 2 is 1.66 bits per heavy atom. The lowest BCUT2D eigenvalue weighted by atomic mass is 10.1. The smallest absolute Gasteiger partial charge is 0.261 e. The summed E-state index contributed by atoms with van der Waals surface area (Å²) in [6.45, 7) is 11.7. The van der Waals surface area contributed by atoms with Crippen molar-refractivity contribution in [3.8, 4) is 5.75 Å². The van der Waals surface area contributed by atoms with Gasteiger partial charge >= 0.3 is 0 Å². The van der Waals surface area contributed by atoms with E-state index in [-0.39, 0.29) is 24.0 Å². The Labute approximate surface area is 174 Å². The van der Waals surface area contributed by atoms with Crippen molar-refractivity contribution in [2.45, 2.75) is 59.7 Å². The van der Waals surface area contributed by atoms with E-state index < -0.39 is 6.04 Å². The molecule has 0 aliphatic heterocycles. The van der Waals surface area contributed by atoms with Gasteiger partial charge in [-0.2, -0.15) is 0 Å². The van der Waals surface area contributed by atoms with Crippen LogP contribution in [0.4, 0.5) is 0 Å². The second-order valence-electron chi connectivity index (χ2n) is 8.53. The van der Waals surface area contributed by atoms with Crippen LogP contribution in [-0.2, 0) is 16.1 Å². The average Bonchev–Trinajstić information content (AvgIpc) is 2.62. The van der Waals surface area contributed by atoms with Crippen molar-refractivity contribution in [1.82, 2.24) is 10.2 Å². The molecule has 2 aromatic rings. The standard InChI is InChI=1S/C24H32N2O3/c1-17-9-7-11-20(13-17)15-26(19(3)23(28)25-24(4,5)6)22(27)16-29-21-12-8-10-18(2)14-21/h7-14,19H,15-16H2,1-6H3,(H,25,28). The van der Waals surface area contributed by atoms with Crippen LogP contribution in [0.3, 0.4) is 0 Å². The van der Waals surface area contributed by atoms with Gasteiger partial charge in [-0.3, -0.25) is 9.59 Å². The maximum atomic E-state index is 13.0. The summed E-state index contributed by atoms with van der Waals surface area (Å²) in [4.78, 5) is 27.3. The fraction of sp³-hybridized carbons (Fsp3) is 0.417. The number of aryl methyl sites for hydroxylation is 2. The Balaban J connectivity index is 2.18. The van der Waals surface area contributed by atoms with E-state index in [0.29, 0.717) is 12.3 Å². The van der Waals surface area contributed by atoms with Gasteiger partial charge in [-0.1, -0.05) is 42.0 Å². The third-order valence-corrected chi connectivity index (χ3v) is 4.45. The van der Waals surface area contributed by atoms with E-state index in [0.717, 1.165) is 16.7 Å². The molecule has 2 amide bonds. The topological polar surface area (TPSA) is 58.6 Å². The molecule has 5 heteroatoms. The van der Waals surface area contributed by atoms with Gasteiger partial charge in [0.05, 0.1) is 0 Å². The molecular formula is C24H32N2O3. The number of nitrogens with zero attached hydrogens (tertiary/aromatic N) is 1. The van der Waals surface area contributed by atoms with Gasteiger partial charge in [0.15, 0.2) is 6.61 Å². The summed E-state index contributed by atoms with van der Waals surface area (Å²) in [7, 11) is 0. The van der Waals surface area contributed by atoms with E-state index in [2.05, 4.69) is 5.32 Å².